The molecule has 0 unspecified atom stereocenters. The number of aromatic nitrogens is 2. The molecule has 0 saturated carbocycles. The van der Waals surface area contributed by atoms with Crippen molar-refractivity contribution < 1.29 is 9.85 Å². The molecule has 0 spiro atoms. The molecule has 2 rings (SSSR count). The third-order valence-corrected chi connectivity index (χ3v) is 2.98. The highest BCUT2D eigenvalue weighted by Gasteiger charge is 2.22. The van der Waals surface area contributed by atoms with E-state index in [1.54, 1.807) is 12.4 Å². The highest BCUT2D eigenvalue weighted by molar-refractivity contribution is 5.65. The van der Waals surface area contributed by atoms with Gasteiger partial charge in [0.15, 0.2) is 0 Å². The van der Waals surface area contributed by atoms with Crippen LogP contribution in [0.25, 0.3) is 0 Å². The molecule has 0 fully saturated rings. The quantitative estimate of drug-likeness (QED) is 0.622. The molecule has 1 atom stereocenters. The van der Waals surface area contributed by atoms with Gasteiger partial charge in [-0.1, -0.05) is 6.92 Å². The Morgan fingerprint density at radius 1 is 1.33 bits per heavy atom. The number of H-pyrrole nitrogens is 1. The number of hydrogen-bond donors (Lipinski definition) is 2. The first-order valence-electron chi connectivity index (χ1n) is 6.21. The van der Waals surface area contributed by atoms with E-state index >= 15 is 0 Å². The number of rotatable bonds is 6. The highest BCUT2D eigenvalue weighted by Crippen LogP contribution is 2.31. The molecule has 1 heterocycles. The fraction of sp³-hybridized carbons (Fsp3) is 0.250. The highest BCUT2D eigenvalue weighted by atomic mass is 16.6. The smallest absolute Gasteiger partial charge is 0.299 e. The summed E-state index contributed by atoms with van der Waals surface area (Å²) in [5.41, 5.74) is -0.443. The molecule has 0 aliphatic carbocycles. The van der Waals surface area contributed by atoms with Gasteiger partial charge in [0.2, 0.25) is 0 Å². The van der Waals surface area contributed by atoms with Crippen LogP contribution in [0.3, 0.4) is 0 Å². The van der Waals surface area contributed by atoms with Crippen molar-refractivity contribution >= 4 is 17.1 Å². The van der Waals surface area contributed by atoms with E-state index in [1.807, 2.05) is 6.92 Å². The Balaban J connectivity index is 2.34. The lowest BCUT2D eigenvalue weighted by Gasteiger charge is -2.15. The molecule has 110 valence electrons. The summed E-state index contributed by atoms with van der Waals surface area (Å²) in [5.74, 6) is 0.644. The van der Waals surface area contributed by atoms with Crippen LogP contribution in [0.1, 0.15) is 25.2 Å². The number of benzene rings is 1. The second-order valence-corrected chi connectivity index (χ2v) is 4.30. The second-order valence-electron chi connectivity index (χ2n) is 4.30. The van der Waals surface area contributed by atoms with Crippen molar-refractivity contribution in [2.24, 2.45) is 0 Å². The molecule has 0 bridgehead atoms. The fourth-order valence-corrected chi connectivity index (χ4v) is 1.93. The van der Waals surface area contributed by atoms with Crippen LogP contribution in [0.15, 0.2) is 30.6 Å². The molecule has 21 heavy (non-hydrogen) atoms. The summed E-state index contributed by atoms with van der Waals surface area (Å²) in [5, 5.41) is 24.8. The predicted octanol–water partition coefficient (Wildman–Crippen LogP) is 2.79. The number of anilines is 1. The predicted molar refractivity (Wildman–Crippen MR) is 75.0 cm³/mol. The van der Waals surface area contributed by atoms with Crippen LogP contribution in [0, 0.1) is 20.2 Å². The summed E-state index contributed by atoms with van der Waals surface area (Å²) in [4.78, 5) is 27.5. The molecule has 0 saturated heterocycles. The van der Waals surface area contributed by atoms with Crippen molar-refractivity contribution in [2.75, 3.05) is 5.32 Å². The standard InChI is InChI=1S/C12H13N5O4/c1-2-9(12-13-5-6-14-12)15-10-4-3-8(16(18)19)7-11(10)17(20)21/h3-7,9,15H,2H2,1H3,(H,13,14)/t9-/m0/s1. The van der Waals surface area contributed by atoms with Crippen molar-refractivity contribution in [2.45, 2.75) is 19.4 Å². The van der Waals surface area contributed by atoms with E-state index in [1.165, 1.54) is 12.1 Å². The molecular formula is C12H13N5O4. The Labute approximate surface area is 119 Å². The SMILES string of the molecule is CC[C@H](Nc1ccc([N+](=O)[O-])cc1[N+](=O)[O-])c1ncc[nH]1. The summed E-state index contributed by atoms with van der Waals surface area (Å²) in [6.45, 7) is 1.90. The minimum absolute atomic E-state index is 0.217. The zero-order valence-corrected chi connectivity index (χ0v) is 11.1. The minimum Gasteiger partial charge on any atom is -0.370 e. The Bertz CT molecular complexity index is 656. The molecule has 2 aromatic rings. The Morgan fingerprint density at radius 3 is 2.62 bits per heavy atom. The lowest BCUT2D eigenvalue weighted by atomic mass is 10.1. The van der Waals surface area contributed by atoms with E-state index in [-0.39, 0.29) is 23.1 Å². The average molecular weight is 291 g/mol. The Morgan fingerprint density at radius 2 is 2.10 bits per heavy atom. The van der Waals surface area contributed by atoms with Gasteiger partial charge in [-0.3, -0.25) is 20.2 Å². The van der Waals surface area contributed by atoms with Gasteiger partial charge in [0.25, 0.3) is 11.4 Å². The van der Waals surface area contributed by atoms with Crippen molar-refractivity contribution in [3.05, 3.63) is 56.6 Å². The van der Waals surface area contributed by atoms with E-state index in [0.29, 0.717) is 12.2 Å². The van der Waals surface area contributed by atoms with Crippen LogP contribution in [-0.4, -0.2) is 19.8 Å². The number of imidazole rings is 1. The summed E-state index contributed by atoms with van der Waals surface area (Å²) < 4.78 is 0. The van der Waals surface area contributed by atoms with Gasteiger partial charge in [-0.25, -0.2) is 4.98 Å². The lowest BCUT2D eigenvalue weighted by Crippen LogP contribution is -2.12. The van der Waals surface area contributed by atoms with Gasteiger partial charge in [0, 0.05) is 18.5 Å². The van der Waals surface area contributed by atoms with Gasteiger partial charge in [-0.05, 0) is 12.5 Å². The third kappa shape index (κ3) is 3.14. The molecule has 9 heteroatoms. The van der Waals surface area contributed by atoms with Crippen LogP contribution in [0.4, 0.5) is 17.1 Å². The van der Waals surface area contributed by atoms with E-state index < -0.39 is 9.85 Å². The first kappa shape index (κ1) is 14.4. The molecule has 1 aromatic carbocycles. The minimum atomic E-state index is -0.666. The molecular weight excluding hydrogens is 278 g/mol. The molecule has 0 aliphatic rings. The van der Waals surface area contributed by atoms with Crippen molar-refractivity contribution in [3.8, 4) is 0 Å². The van der Waals surface area contributed by atoms with Crippen LogP contribution >= 0.6 is 0 Å². The third-order valence-electron chi connectivity index (χ3n) is 2.98. The van der Waals surface area contributed by atoms with Gasteiger partial charge in [0.05, 0.1) is 22.0 Å². The van der Waals surface area contributed by atoms with Crippen LogP contribution in [0.2, 0.25) is 0 Å². The van der Waals surface area contributed by atoms with Gasteiger partial charge in [-0.2, -0.15) is 0 Å². The average Bonchev–Trinajstić information content (AvgIpc) is 2.98. The van der Waals surface area contributed by atoms with Gasteiger partial charge in [0.1, 0.15) is 11.5 Å². The maximum absolute atomic E-state index is 11.1. The van der Waals surface area contributed by atoms with Gasteiger partial charge >= 0.3 is 0 Å². The zero-order chi connectivity index (χ0) is 15.4. The topological polar surface area (TPSA) is 127 Å². The number of nitrogens with one attached hydrogen (secondary N) is 2. The van der Waals surface area contributed by atoms with E-state index in [4.69, 9.17) is 0 Å². The maximum Gasteiger partial charge on any atom is 0.299 e. The van der Waals surface area contributed by atoms with Crippen molar-refractivity contribution in [3.63, 3.8) is 0 Å². The normalized spacial score (nSPS) is 11.9. The van der Waals surface area contributed by atoms with Crippen LogP contribution in [0.5, 0.6) is 0 Å². The van der Waals surface area contributed by atoms with Crippen LogP contribution < -0.4 is 5.32 Å². The molecule has 1 aromatic heterocycles. The van der Waals surface area contributed by atoms with Gasteiger partial charge in [-0.15, -0.1) is 0 Å². The maximum atomic E-state index is 11.1. The van der Waals surface area contributed by atoms with E-state index in [0.717, 1.165) is 6.07 Å². The lowest BCUT2D eigenvalue weighted by molar-refractivity contribution is -0.393. The van der Waals surface area contributed by atoms with E-state index in [2.05, 4.69) is 15.3 Å². The number of hydrogen-bond acceptors (Lipinski definition) is 6. The summed E-state index contributed by atoms with van der Waals surface area (Å²) in [7, 11) is 0. The van der Waals surface area contributed by atoms with Gasteiger partial charge < -0.3 is 10.3 Å². The largest absolute Gasteiger partial charge is 0.370 e. The first-order chi connectivity index (χ1) is 10.0. The molecule has 0 radical (unpaired) electrons. The number of nitro benzene ring substituents is 2. The molecule has 9 nitrogen and oxygen atoms in total. The van der Waals surface area contributed by atoms with Crippen molar-refractivity contribution in [1.82, 2.24) is 9.97 Å². The number of nitro groups is 2. The molecule has 0 aliphatic heterocycles. The zero-order valence-electron chi connectivity index (χ0n) is 11.1. The number of nitrogens with zero attached hydrogens (tertiary/aromatic N) is 3. The number of aromatic amines is 1. The Hall–Kier alpha value is -2.97. The number of non-ortho nitro benzene ring substituents is 1. The summed E-state index contributed by atoms with van der Waals surface area (Å²) >= 11 is 0. The van der Waals surface area contributed by atoms with E-state index in [9.17, 15) is 20.2 Å². The molecule has 2 N–H and O–H groups in total. The first-order valence-corrected chi connectivity index (χ1v) is 6.21. The fourth-order valence-electron chi connectivity index (χ4n) is 1.93. The van der Waals surface area contributed by atoms with Crippen LogP contribution in [-0.2, 0) is 0 Å². The monoisotopic (exact) mass is 291 g/mol. The summed E-state index contributed by atoms with van der Waals surface area (Å²) in [6.07, 6.45) is 3.88. The molecule has 0 amide bonds. The summed E-state index contributed by atoms with van der Waals surface area (Å²) in [6, 6.07) is 3.25. The Kier molecular flexibility index (Phi) is 4.12. The second kappa shape index (κ2) is 5.99. The van der Waals surface area contributed by atoms with Crippen molar-refractivity contribution in [1.29, 1.82) is 0 Å².